The first-order chi connectivity index (χ1) is 11.1. The summed E-state index contributed by atoms with van der Waals surface area (Å²) in [6.45, 7) is 2.04. The third-order valence-corrected chi connectivity index (χ3v) is 6.25. The Hall–Kier alpha value is -1.71. The van der Waals surface area contributed by atoms with Crippen molar-refractivity contribution in [3.63, 3.8) is 0 Å². The summed E-state index contributed by atoms with van der Waals surface area (Å²) in [5.74, 6) is 1.55. The zero-order valence-electron chi connectivity index (χ0n) is 13.5. The van der Waals surface area contributed by atoms with Crippen LogP contribution in [0.4, 0.5) is 4.39 Å². The fraction of sp³-hybridized carbons (Fsp3) is 0.579. The van der Waals surface area contributed by atoms with Gasteiger partial charge >= 0.3 is 0 Å². The Kier molecular flexibility index (Phi) is 3.51. The van der Waals surface area contributed by atoms with Crippen molar-refractivity contribution in [2.45, 2.75) is 45.4 Å². The molecule has 0 aromatic heterocycles. The van der Waals surface area contributed by atoms with Crippen molar-refractivity contribution < 1.29 is 9.18 Å². The highest BCUT2D eigenvalue weighted by molar-refractivity contribution is 5.96. The van der Waals surface area contributed by atoms with Crippen LogP contribution in [0.25, 0.3) is 0 Å². The van der Waals surface area contributed by atoms with Crippen molar-refractivity contribution in [2.24, 2.45) is 28.3 Å². The largest absolute Gasteiger partial charge is 0.274 e. The van der Waals surface area contributed by atoms with E-state index in [0.29, 0.717) is 0 Å². The van der Waals surface area contributed by atoms with Gasteiger partial charge in [-0.2, -0.15) is 5.10 Å². The van der Waals surface area contributed by atoms with Crippen molar-refractivity contribution in [1.82, 2.24) is 5.43 Å². The molecule has 4 bridgehead atoms. The molecule has 4 aliphatic rings. The number of nitrogens with zero attached hydrogens (tertiary/aromatic N) is 1. The zero-order chi connectivity index (χ0) is 16.0. The van der Waals surface area contributed by atoms with Crippen molar-refractivity contribution in [2.75, 3.05) is 0 Å². The number of halogens is 1. The molecule has 0 saturated heterocycles. The SMILES string of the molecule is C/C(=N\NC(=O)c1ccccc1F)C12CC3CC(CC(C3)C1)C2. The van der Waals surface area contributed by atoms with E-state index >= 15 is 0 Å². The van der Waals surface area contributed by atoms with Gasteiger partial charge in [-0.3, -0.25) is 4.79 Å². The van der Waals surface area contributed by atoms with Gasteiger partial charge in [-0.1, -0.05) is 12.1 Å². The number of hydrazone groups is 1. The third kappa shape index (κ3) is 2.58. The van der Waals surface area contributed by atoms with Crippen LogP contribution in [0.2, 0.25) is 0 Å². The van der Waals surface area contributed by atoms with Crippen LogP contribution < -0.4 is 5.43 Å². The molecule has 3 nitrogen and oxygen atoms in total. The molecule has 4 fully saturated rings. The summed E-state index contributed by atoms with van der Waals surface area (Å²) in [7, 11) is 0. The second-order valence-electron chi connectivity index (χ2n) is 7.82. The van der Waals surface area contributed by atoms with Crippen LogP contribution in [0.15, 0.2) is 29.4 Å². The van der Waals surface area contributed by atoms with E-state index in [1.54, 1.807) is 12.1 Å². The quantitative estimate of drug-likeness (QED) is 0.661. The Labute approximate surface area is 136 Å². The average Bonchev–Trinajstić information content (AvgIpc) is 2.51. The van der Waals surface area contributed by atoms with E-state index in [9.17, 15) is 9.18 Å². The lowest BCUT2D eigenvalue weighted by Crippen LogP contribution is -2.49. The lowest BCUT2D eigenvalue weighted by Gasteiger charge is -2.56. The minimum absolute atomic E-state index is 0.0505. The lowest BCUT2D eigenvalue weighted by molar-refractivity contribution is -0.0128. The molecule has 5 rings (SSSR count). The molecule has 0 spiro atoms. The summed E-state index contributed by atoms with van der Waals surface area (Å²) in [6.07, 6.45) is 7.79. The molecule has 0 aliphatic heterocycles. The van der Waals surface area contributed by atoms with Crippen LogP contribution in [0, 0.1) is 29.0 Å². The van der Waals surface area contributed by atoms with Crippen molar-refractivity contribution in [1.29, 1.82) is 0 Å². The van der Waals surface area contributed by atoms with Gasteiger partial charge in [0, 0.05) is 11.1 Å². The first-order valence-electron chi connectivity index (χ1n) is 8.65. The molecular weight excluding hydrogens is 291 g/mol. The summed E-state index contributed by atoms with van der Waals surface area (Å²) in [6, 6.07) is 6.02. The molecule has 0 unspecified atom stereocenters. The molecule has 4 heteroatoms. The first-order valence-corrected chi connectivity index (χ1v) is 8.65. The predicted octanol–water partition coefficient (Wildman–Crippen LogP) is 4.15. The average molecular weight is 314 g/mol. The van der Waals surface area contributed by atoms with E-state index in [2.05, 4.69) is 10.5 Å². The Balaban J connectivity index is 1.51. The first kappa shape index (κ1) is 14.9. The van der Waals surface area contributed by atoms with Gasteiger partial charge in [0.15, 0.2) is 0 Å². The van der Waals surface area contributed by atoms with E-state index in [4.69, 9.17) is 0 Å². The summed E-state index contributed by atoms with van der Waals surface area (Å²) < 4.78 is 13.7. The van der Waals surface area contributed by atoms with Gasteiger partial charge in [0.2, 0.25) is 0 Å². The predicted molar refractivity (Wildman–Crippen MR) is 87.6 cm³/mol. The topological polar surface area (TPSA) is 41.5 Å². The van der Waals surface area contributed by atoms with Gasteiger partial charge in [0.05, 0.1) is 5.56 Å². The van der Waals surface area contributed by atoms with Crippen molar-refractivity contribution in [3.8, 4) is 0 Å². The number of hydrogen-bond acceptors (Lipinski definition) is 2. The molecule has 4 saturated carbocycles. The van der Waals surface area contributed by atoms with Gasteiger partial charge in [0.25, 0.3) is 5.91 Å². The Morgan fingerprint density at radius 3 is 2.26 bits per heavy atom. The number of hydrogen-bond donors (Lipinski definition) is 1. The summed E-state index contributed by atoms with van der Waals surface area (Å²) in [4.78, 5) is 12.1. The van der Waals surface area contributed by atoms with E-state index in [1.165, 1.54) is 50.7 Å². The van der Waals surface area contributed by atoms with Crippen LogP contribution >= 0.6 is 0 Å². The summed E-state index contributed by atoms with van der Waals surface area (Å²) in [5.41, 5.74) is 3.83. The molecule has 0 radical (unpaired) electrons. The number of benzene rings is 1. The maximum Gasteiger partial charge on any atom is 0.274 e. The molecule has 0 atom stereocenters. The minimum atomic E-state index is -0.507. The van der Waals surface area contributed by atoms with Crippen molar-refractivity contribution in [3.05, 3.63) is 35.6 Å². The van der Waals surface area contributed by atoms with E-state index in [1.807, 2.05) is 6.92 Å². The van der Waals surface area contributed by atoms with Crippen LogP contribution in [0.3, 0.4) is 0 Å². The fourth-order valence-electron chi connectivity index (χ4n) is 5.51. The Bertz CT molecular complexity index is 632. The summed E-state index contributed by atoms with van der Waals surface area (Å²) >= 11 is 0. The fourth-order valence-corrected chi connectivity index (χ4v) is 5.51. The summed E-state index contributed by atoms with van der Waals surface area (Å²) in [5, 5.41) is 4.38. The second-order valence-corrected chi connectivity index (χ2v) is 7.82. The van der Waals surface area contributed by atoms with Gasteiger partial charge in [-0.25, -0.2) is 9.82 Å². The molecule has 1 amide bonds. The maximum atomic E-state index is 13.7. The number of rotatable bonds is 3. The van der Waals surface area contributed by atoms with Gasteiger partial charge in [0.1, 0.15) is 5.82 Å². The van der Waals surface area contributed by atoms with Gasteiger partial charge < -0.3 is 0 Å². The highest BCUT2D eigenvalue weighted by Crippen LogP contribution is 2.60. The zero-order valence-corrected chi connectivity index (χ0v) is 13.5. The smallest absolute Gasteiger partial charge is 0.267 e. The monoisotopic (exact) mass is 314 g/mol. The van der Waals surface area contributed by atoms with Crippen LogP contribution in [0.5, 0.6) is 0 Å². The van der Waals surface area contributed by atoms with Gasteiger partial charge in [-0.15, -0.1) is 0 Å². The van der Waals surface area contributed by atoms with E-state index in [-0.39, 0.29) is 11.0 Å². The normalized spacial score (nSPS) is 35.4. The lowest BCUT2D eigenvalue weighted by atomic mass is 9.48. The van der Waals surface area contributed by atoms with Crippen LogP contribution in [-0.2, 0) is 0 Å². The standard InChI is InChI=1S/C19H23FN2O/c1-12(21-22-18(23)16-4-2-3-5-17(16)20)19-9-13-6-14(10-19)8-15(7-13)11-19/h2-5,13-15H,6-11H2,1H3,(H,22,23)/b21-12+. The Morgan fingerprint density at radius 2 is 1.70 bits per heavy atom. The number of carbonyl (C=O) groups is 1. The second kappa shape index (κ2) is 5.43. The highest BCUT2D eigenvalue weighted by Gasteiger charge is 2.52. The van der Waals surface area contributed by atoms with Crippen LogP contribution in [0.1, 0.15) is 55.8 Å². The van der Waals surface area contributed by atoms with Crippen LogP contribution in [-0.4, -0.2) is 11.6 Å². The molecule has 0 heterocycles. The number of carbonyl (C=O) groups excluding carboxylic acids is 1. The number of nitrogens with one attached hydrogen (secondary N) is 1. The third-order valence-electron chi connectivity index (χ3n) is 6.25. The molecule has 23 heavy (non-hydrogen) atoms. The minimum Gasteiger partial charge on any atom is -0.267 e. The molecular formula is C19H23FN2O. The van der Waals surface area contributed by atoms with E-state index < -0.39 is 11.7 Å². The maximum absolute atomic E-state index is 13.7. The number of amides is 1. The highest BCUT2D eigenvalue weighted by atomic mass is 19.1. The molecule has 1 aromatic carbocycles. The van der Waals surface area contributed by atoms with Crippen molar-refractivity contribution >= 4 is 11.6 Å². The molecule has 122 valence electrons. The van der Waals surface area contributed by atoms with E-state index in [0.717, 1.165) is 23.5 Å². The molecule has 1 aromatic rings. The Morgan fingerprint density at radius 1 is 1.13 bits per heavy atom. The molecule has 4 aliphatic carbocycles. The molecule has 1 N–H and O–H groups in total. The van der Waals surface area contributed by atoms with Gasteiger partial charge in [-0.05, 0) is 75.3 Å².